The van der Waals surface area contributed by atoms with Gasteiger partial charge in [0.25, 0.3) is 0 Å². The lowest BCUT2D eigenvalue weighted by molar-refractivity contribution is -0.143. The van der Waals surface area contributed by atoms with Crippen LogP contribution in [0.25, 0.3) is 0 Å². The van der Waals surface area contributed by atoms with Gasteiger partial charge in [0.1, 0.15) is 13.2 Å². The number of hydrogen-bond donors (Lipinski definition) is 1. The Labute approximate surface area is 156 Å². The first kappa shape index (κ1) is 29.5. The van der Waals surface area contributed by atoms with E-state index in [0.29, 0.717) is 52.9 Å². The molecule has 0 aromatic rings. The summed E-state index contributed by atoms with van der Waals surface area (Å²) in [6.45, 7) is 11.4. The van der Waals surface area contributed by atoms with Gasteiger partial charge in [0.2, 0.25) is 0 Å². The second-order valence-corrected chi connectivity index (χ2v) is 4.40. The van der Waals surface area contributed by atoms with Crippen LogP contribution in [-0.2, 0) is 38.0 Å². The molecule has 0 aliphatic carbocycles. The molecule has 26 heavy (non-hydrogen) atoms. The number of carbonyl (C=O) groups excluding carboxylic acids is 2. The van der Waals surface area contributed by atoms with Gasteiger partial charge in [-0.3, -0.25) is 9.59 Å². The Morgan fingerprint density at radius 1 is 0.692 bits per heavy atom. The first-order valence-corrected chi connectivity index (χ1v) is 8.55. The first-order chi connectivity index (χ1) is 12.5. The number of methoxy groups -OCH3 is 1. The Morgan fingerprint density at radius 2 is 1.12 bits per heavy atom. The van der Waals surface area contributed by atoms with E-state index in [-0.39, 0.29) is 18.5 Å². The zero-order valence-electron chi connectivity index (χ0n) is 16.8. The maximum absolute atomic E-state index is 10.1. The van der Waals surface area contributed by atoms with Crippen LogP contribution in [0, 0.1) is 0 Å². The average molecular weight is 384 g/mol. The Bertz CT molecular complexity index is 279. The molecular weight excluding hydrogens is 348 g/mol. The van der Waals surface area contributed by atoms with E-state index >= 15 is 0 Å². The van der Waals surface area contributed by atoms with Crippen molar-refractivity contribution in [1.82, 2.24) is 0 Å². The molecule has 158 valence electrons. The Hall–Kier alpha value is -1.26. The molecule has 1 N–H and O–H groups in total. The van der Waals surface area contributed by atoms with Gasteiger partial charge in [-0.05, 0) is 13.8 Å². The van der Waals surface area contributed by atoms with Gasteiger partial charge in [-0.2, -0.15) is 0 Å². The Balaban J connectivity index is -0.000000306. The molecular formula is C17H36O9. The van der Waals surface area contributed by atoms with Crippen LogP contribution in [0.2, 0.25) is 0 Å². The van der Waals surface area contributed by atoms with Gasteiger partial charge in [0, 0.05) is 34.2 Å². The summed E-state index contributed by atoms with van der Waals surface area (Å²) in [6, 6.07) is 0. The molecule has 0 rings (SSSR count). The van der Waals surface area contributed by atoms with E-state index in [0.717, 1.165) is 6.61 Å². The van der Waals surface area contributed by atoms with E-state index in [9.17, 15) is 9.59 Å². The zero-order chi connectivity index (χ0) is 20.5. The molecule has 0 amide bonds. The van der Waals surface area contributed by atoms with Gasteiger partial charge < -0.3 is 33.5 Å². The predicted molar refractivity (Wildman–Crippen MR) is 96.0 cm³/mol. The number of esters is 2. The van der Waals surface area contributed by atoms with Crippen LogP contribution in [0.4, 0.5) is 0 Å². The van der Waals surface area contributed by atoms with Gasteiger partial charge in [0.15, 0.2) is 0 Å². The number of rotatable bonds is 13. The quantitative estimate of drug-likeness (QED) is 0.364. The molecule has 9 nitrogen and oxygen atoms in total. The van der Waals surface area contributed by atoms with Crippen molar-refractivity contribution in [2.24, 2.45) is 0 Å². The zero-order valence-corrected chi connectivity index (χ0v) is 16.8. The van der Waals surface area contributed by atoms with Crippen molar-refractivity contribution < 1.29 is 43.1 Å². The molecule has 0 spiro atoms. The summed E-state index contributed by atoms with van der Waals surface area (Å²) in [6.07, 6.45) is 0. The molecule has 9 heteroatoms. The molecule has 0 atom stereocenters. The maximum atomic E-state index is 10.1. The molecule has 0 fully saturated rings. The molecule has 0 bridgehead atoms. The van der Waals surface area contributed by atoms with Crippen LogP contribution < -0.4 is 0 Å². The van der Waals surface area contributed by atoms with E-state index in [4.69, 9.17) is 19.3 Å². The van der Waals surface area contributed by atoms with E-state index < -0.39 is 0 Å². The third kappa shape index (κ3) is 43.4. The van der Waals surface area contributed by atoms with Crippen LogP contribution in [0.5, 0.6) is 0 Å². The highest BCUT2D eigenvalue weighted by atomic mass is 16.6. The van der Waals surface area contributed by atoms with Crippen LogP contribution in [0.1, 0.15) is 27.7 Å². The Kier molecular flexibility index (Phi) is 32.4. The lowest BCUT2D eigenvalue weighted by Gasteiger charge is -2.00. The molecule has 0 unspecified atom stereocenters. The fourth-order valence-electron chi connectivity index (χ4n) is 1.09. The predicted octanol–water partition coefficient (Wildman–Crippen LogP) is 0.814. The third-order valence-corrected chi connectivity index (χ3v) is 2.14. The number of hydrogen-bond acceptors (Lipinski definition) is 9. The molecule has 0 radical (unpaired) electrons. The summed E-state index contributed by atoms with van der Waals surface area (Å²) in [5.74, 6) is -0.517. The second-order valence-electron chi connectivity index (χ2n) is 4.40. The van der Waals surface area contributed by atoms with Gasteiger partial charge >= 0.3 is 11.9 Å². The fraction of sp³-hybridized carbons (Fsp3) is 0.882. The number of ether oxygens (including phenoxy) is 6. The fourth-order valence-corrected chi connectivity index (χ4v) is 1.09. The summed E-state index contributed by atoms with van der Waals surface area (Å²) in [5.41, 5.74) is 0. The average Bonchev–Trinajstić information content (AvgIpc) is 2.60. The lowest BCUT2D eigenvalue weighted by Crippen LogP contribution is -2.06. The summed E-state index contributed by atoms with van der Waals surface area (Å²) in [4.78, 5) is 20.2. The highest BCUT2D eigenvalue weighted by Gasteiger charge is 1.90. The molecule has 0 aliphatic heterocycles. The van der Waals surface area contributed by atoms with E-state index in [2.05, 4.69) is 14.2 Å². The monoisotopic (exact) mass is 384 g/mol. The molecule has 0 aromatic heterocycles. The summed E-state index contributed by atoms with van der Waals surface area (Å²) in [7, 11) is 1.56. The smallest absolute Gasteiger partial charge is 0.302 e. The summed E-state index contributed by atoms with van der Waals surface area (Å²) < 4.78 is 28.5. The minimum absolute atomic E-state index is 0.0894. The largest absolute Gasteiger partial charge is 0.463 e. The number of carbonyl (C=O) groups is 2. The normalized spacial score (nSPS) is 9.31. The summed E-state index contributed by atoms with van der Waals surface area (Å²) in [5, 5.41) is 8.26. The SMILES string of the molecule is CCOCCOC(C)=O.CCOCCOCCO.COCCOC(C)=O. The highest BCUT2D eigenvalue weighted by Crippen LogP contribution is 1.78. The van der Waals surface area contributed by atoms with E-state index in [1.807, 2.05) is 13.8 Å². The lowest BCUT2D eigenvalue weighted by atomic mass is 10.7. The van der Waals surface area contributed by atoms with Gasteiger partial charge in [-0.15, -0.1) is 0 Å². The van der Waals surface area contributed by atoms with Crippen LogP contribution >= 0.6 is 0 Å². The van der Waals surface area contributed by atoms with Crippen molar-refractivity contribution in [3.05, 3.63) is 0 Å². The van der Waals surface area contributed by atoms with Gasteiger partial charge in [-0.25, -0.2) is 0 Å². The van der Waals surface area contributed by atoms with Crippen molar-refractivity contribution in [3.63, 3.8) is 0 Å². The molecule has 0 aliphatic rings. The third-order valence-electron chi connectivity index (χ3n) is 2.14. The van der Waals surface area contributed by atoms with E-state index in [1.54, 1.807) is 7.11 Å². The standard InChI is InChI=1S/C6H12O3.C6H14O3.C5H10O3/c1-3-8-4-5-9-6(2)7;1-2-8-5-6-9-4-3-7;1-5(6)8-4-3-7-2/h3-5H2,1-2H3;7H,2-6H2,1H3;3-4H2,1-2H3. The van der Waals surface area contributed by atoms with Gasteiger partial charge in [0.05, 0.1) is 39.6 Å². The van der Waals surface area contributed by atoms with Gasteiger partial charge in [-0.1, -0.05) is 0 Å². The van der Waals surface area contributed by atoms with Crippen molar-refractivity contribution in [1.29, 1.82) is 0 Å². The van der Waals surface area contributed by atoms with Crippen molar-refractivity contribution in [3.8, 4) is 0 Å². The highest BCUT2D eigenvalue weighted by molar-refractivity contribution is 5.66. The van der Waals surface area contributed by atoms with Crippen LogP contribution in [0.15, 0.2) is 0 Å². The van der Waals surface area contributed by atoms with Crippen molar-refractivity contribution in [2.75, 3.05) is 73.2 Å². The van der Waals surface area contributed by atoms with Crippen LogP contribution in [-0.4, -0.2) is 90.2 Å². The van der Waals surface area contributed by atoms with Crippen LogP contribution in [0.3, 0.4) is 0 Å². The minimum Gasteiger partial charge on any atom is -0.463 e. The molecule has 0 saturated heterocycles. The van der Waals surface area contributed by atoms with Crippen molar-refractivity contribution in [2.45, 2.75) is 27.7 Å². The number of aliphatic hydroxyl groups is 1. The maximum Gasteiger partial charge on any atom is 0.302 e. The van der Waals surface area contributed by atoms with Crippen molar-refractivity contribution >= 4 is 11.9 Å². The summed E-state index contributed by atoms with van der Waals surface area (Å²) >= 11 is 0. The molecule has 0 aromatic carbocycles. The molecule has 0 heterocycles. The minimum atomic E-state index is -0.262. The van der Waals surface area contributed by atoms with E-state index in [1.165, 1.54) is 13.8 Å². The second kappa shape index (κ2) is 28.5. The topological polar surface area (TPSA) is 110 Å². The molecule has 0 saturated carbocycles. The first-order valence-electron chi connectivity index (χ1n) is 8.55. The Morgan fingerprint density at radius 3 is 1.50 bits per heavy atom. The number of aliphatic hydroxyl groups excluding tert-OH is 1.